The molecule has 1 saturated heterocycles. The third kappa shape index (κ3) is 1.88. The third-order valence-electron chi connectivity index (χ3n) is 2.23. The molecule has 13 heavy (non-hydrogen) atoms. The van der Waals surface area contributed by atoms with Crippen molar-refractivity contribution in [1.82, 2.24) is 4.90 Å². The lowest BCUT2D eigenvalue weighted by Crippen LogP contribution is -2.28. The van der Waals surface area contributed by atoms with Gasteiger partial charge in [0.1, 0.15) is 0 Å². The molecule has 0 aromatic carbocycles. The maximum Gasteiger partial charge on any atom is 0.407 e. The number of hydrogen-bond donors (Lipinski definition) is 2. The first-order chi connectivity index (χ1) is 6.06. The summed E-state index contributed by atoms with van der Waals surface area (Å²) in [6, 6.07) is 0. The van der Waals surface area contributed by atoms with Crippen molar-refractivity contribution in [3.05, 3.63) is 0 Å². The van der Waals surface area contributed by atoms with Gasteiger partial charge in [-0.2, -0.15) is 0 Å². The summed E-state index contributed by atoms with van der Waals surface area (Å²) in [5.74, 6) is -2.74. The Morgan fingerprint density at radius 1 is 1.38 bits per heavy atom. The van der Waals surface area contributed by atoms with Gasteiger partial charge in [-0.3, -0.25) is 9.18 Å². The topological polar surface area (TPSA) is 77.8 Å². The van der Waals surface area contributed by atoms with Gasteiger partial charge in [0.15, 0.2) is 0 Å². The molecular formula is C7H10FNO4. The summed E-state index contributed by atoms with van der Waals surface area (Å²) in [4.78, 5) is 21.9. The van der Waals surface area contributed by atoms with E-state index < -0.39 is 30.6 Å². The molecule has 6 heteroatoms. The molecule has 1 rings (SSSR count). The number of carboxylic acids is 1. The van der Waals surface area contributed by atoms with Gasteiger partial charge in [0.05, 0.1) is 12.6 Å². The Bertz CT molecular complexity index is 233. The van der Waals surface area contributed by atoms with Crippen LogP contribution in [0, 0.1) is 11.8 Å². The Balaban J connectivity index is 2.66. The smallest absolute Gasteiger partial charge is 0.407 e. The van der Waals surface area contributed by atoms with Gasteiger partial charge in [0.2, 0.25) is 0 Å². The van der Waals surface area contributed by atoms with Crippen molar-refractivity contribution in [2.24, 2.45) is 11.8 Å². The molecule has 0 bridgehead atoms. The van der Waals surface area contributed by atoms with Crippen LogP contribution in [0.5, 0.6) is 0 Å². The molecule has 1 heterocycles. The third-order valence-corrected chi connectivity index (χ3v) is 2.23. The minimum absolute atomic E-state index is 0.0250. The van der Waals surface area contributed by atoms with Crippen LogP contribution in [0.15, 0.2) is 0 Å². The maximum absolute atomic E-state index is 12.3. The molecule has 1 aliphatic heterocycles. The minimum Gasteiger partial charge on any atom is -0.481 e. The van der Waals surface area contributed by atoms with Crippen LogP contribution in [0.25, 0.3) is 0 Å². The average molecular weight is 191 g/mol. The van der Waals surface area contributed by atoms with E-state index in [1.165, 1.54) is 0 Å². The summed E-state index contributed by atoms with van der Waals surface area (Å²) in [5.41, 5.74) is 0. The fraction of sp³-hybridized carbons (Fsp3) is 0.714. The van der Waals surface area contributed by atoms with E-state index in [9.17, 15) is 14.0 Å². The van der Waals surface area contributed by atoms with Crippen molar-refractivity contribution in [1.29, 1.82) is 0 Å². The van der Waals surface area contributed by atoms with Crippen LogP contribution < -0.4 is 0 Å². The molecule has 2 atom stereocenters. The zero-order valence-electron chi connectivity index (χ0n) is 6.81. The molecule has 0 unspecified atom stereocenters. The maximum atomic E-state index is 12.3. The van der Waals surface area contributed by atoms with Gasteiger partial charge < -0.3 is 15.1 Å². The highest BCUT2D eigenvalue weighted by Crippen LogP contribution is 2.23. The number of amides is 1. The molecule has 1 amide bonds. The highest BCUT2D eigenvalue weighted by molar-refractivity contribution is 5.73. The fourth-order valence-electron chi connectivity index (χ4n) is 1.46. The lowest BCUT2D eigenvalue weighted by atomic mass is 9.98. The van der Waals surface area contributed by atoms with E-state index >= 15 is 0 Å². The molecule has 1 aliphatic rings. The van der Waals surface area contributed by atoms with E-state index in [1.807, 2.05) is 0 Å². The Kier molecular flexibility index (Phi) is 2.69. The van der Waals surface area contributed by atoms with E-state index in [1.54, 1.807) is 0 Å². The highest BCUT2D eigenvalue weighted by atomic mass is 19.1. The molecule has 1 fully saturated rings. The predicted octanol–water partition coefficient (Wildman–Crippen LogP) is 0.267. The van der Waals surface area contributed by atoms with Crippen LogP contribution >= 0.6 is 0 Å². The highest BCUT2D eigenvalue weighted by Gasteiger charge is 2.39. The second-order valence-electron chi connectivity index (χ2n) is 3.05. The first-order valence-corrected chi connectivity index (χ1v) is 3.83. The summed E-state index contributed by atoms with van der Waals surface area (Å²) >= 11 is 0. The summed E-state index contributed by atoms with van der Waals surface area (Å²) < 4.78 is 12.3. The summed E-state index contributed by atoms with van der Waals surface area (Å²) in [6.07, 6.45) is -1.19. The molecule has 0 aliphatic carbocycles. The van der Waals surface area contributed by atoms with Crippen LogP contribution in [0.2, 0.25) is 0 Å². The van der Waals surface area contributed by atoms with Gasteiger partial charge in [-0.05, 0) is 0 Å². The fourth-order valence-corrected chi connectivity index (χ4v) is 1.46. The van der Waals surface area contributed by atoms with Gasteiger partial charge >= 0.3 is 12.1 Å². The molecule has 0 saturated carbocycles. The number of aliphatic carboxylic acids is 1. The summed E-state index contributed by atoms with van der Waals surface area (Å²) in [6.45, 7) is -0.928. The zero-order chi connectivity index (χ0) is 10.0. The SMILES string of the molecule is O=C(O)[C@@H]1CN(C(=O)O)C[C@H]1CF. The molecular weight excluding hydrogens is 181 g/mol. The number of rotatable bonds is 2. The predicted molar refractivity (Wildman–Crippen MR) is 40.2 cm³/mol. The molecule has 0 aromatic rings. The van der Waals surface area contributed by atoms with Gasteiger partial charge in [-0.1, -0.05) is 0 Å². The van der Waals surface area contributed by atoms with Crippen LogP contribution in [0.3, 0.4) is 0 Å². The van der Waals surface area contributed by atoms with Gasteiger partial charge in [-0.25, -0.2) is 4.79 Å². The average Bonchev–Trinajstić information content (AvgIpc) is 2.47. The normalized spacial score (nSPS) is 27.6. The van der Waals surface area contributed by atoms with Crippen molar-refractivity contribution in [3.8, 4) is 0 Å². The lowest BCUT2D eigenvalue weighted by Gasteiger charge is -2.09. The van der Waals surface area contributed by atoms with E-state index in [0.29, 0.717) is 0 Å². The van der Waals surface area contributed by atoms with Crippen LogP contribution in [0.4, 0.5) is 9.18 Å². The molecule has 0 aromatic heterocycles. The Labute approximate surface area is 73.8 Å². The standard InChI is InChI=1S/C7H10FNO4/c8-1-4-2-9(7(12)13)3-5(4)6(10)11/h4-5H,1-3H2,(H,10,11)(H,12,13)/t4-,5-/m1/s1. The van der Waals surface area contributed by atoms with Crippen molar-refractivity contribution < 1.29 is 24.2 Å². The number of halogens is 1. The second-order valence-corrected chi connectivity index (χ2v) is 3.05. The van der Waals surface area contributed by atoms with Gasteiger partial charge in [-0.15, -0.1) is 0 Å². The summed E-state index contributed by atoms with van der Waals surface area (Å²) in [5, 5.41) is 17.2. The Hall–Kier alpha value is -1.33. The molecule has 0 spiro atoms. The number of carbonyl (C=O) groups is 2. The second kappa shape index (κ2) is 3.59. The number of hydrogen-bond acceptors (Lipinski definition) is 2. The van der Waals surface area contributed by atoms with Crippen molar-refractivity contribution in [3.63, 3.8) is 0 Å². The van der Waals surface area contributed by atoms with E-state index in [-0.39, 0.29) is 13.1 Å². The van der Waals surface area contributed by atoms with Crippen molar-refractivity contribution in [2.75, 3.05) is 19.8 Å². The Morgan fingerprint density at radius 3 is 2.31 bits per heavy atom. The summed E-state index contributed by atoms with van der Waals surface area (Å²) in [7, 11) is 0. The quantitative estimate of drug-likeness (QED) is 0.656. The van der Waals surface area contributed by atoms with E-state index in [4.69, 9.17) is 10.2 Å². The minimum atomic E-state index is -1.19. The molecule has 0 radical (unpaired) electrons. The number of alkyl halides is 1. The van der Waals surface area contributed by atoms with E-state index in [2.05, 4.69) is 0 Å². The zero-order valence-corrected chi connectivity index (χ0v) is 6.81. The van der Waals surface area contributed by atoms with Crippen LogP contribution in [-0.4, -0.2) is 46.9 Å². The number of nitrogens with zero attached hydrogens (tertiary/aromatic N) is 1. The molecule has 2 N–H and O–H groups in total. The van der Waals surface area contributed by atoms with Crippen LogP contribution in [0.1, 0.15) is 0 Å². The van der Waals surface area contributed by atoms with Crippen molar-refractivity contribution in [2.45, 2.75) is 0 Å². The van der Waals surface area contributed by atoms with E-state index in [0.717, 1.165) is 4.90 Å². The van der Waals surface area contributed by atoms with Crippen LogP contribution in [-0.2, 0) is 4.79 Å². The van der Waals surface area contributed by atoms with Gasteiger partial charge in [0, 0.05) is 19.0 Å². The first kappa shape index (κ1) is 9.76. The lowest BCUT2D eigenvalue weighted by molar-refractivity contribution is -0.142. The monoisotopic (exact) mass is 191 g/mol. The molecule has 5 nitrogen and oxygen atoms in total. The Morgan fingerprint density at radius 2 is 2.00 bits per heavy atom. The molecule has 74 valence electrons. The largest absolute Gasteiger partial charge is 0.481 e. The number of carboxylic acid groups (broad SMARTS) is 2. The number of likely N-dealkylation sites (tertiary alicyclic amines) is 1. The van der Waals surface area contributed by atoms with Crippen molar-refractivity contribution >= 4 is 12.1 Å². The first-order valence-electron chi connectivity index (χ1n) is 3.83. The van der Waals surface area contributed by atoms with Gasteiger partial charge in [0.25, 0.3) is 0 Å².